The van der Waals surface area contributed by atoms with Crippen molar-refractivity contribution in [3.63, 3.8) is 0 Å². The van der Waals surface area contributed by atoms with Gasteiger partial charge in [0.15, 0.2) is 11.6 Å². The summed E-state index contributed by atoms with van der Waals surface area (Å²) in [5, 5.41) is 12.9. The van der Waals surface area contributed by atoms with E-state index in [0.717, 1.165) is 24.2 Å². The molecule has 0 radical (unpaired) electrons. The maximum absolute atomic E-state index is 6.16. The van der Waals surface area contributed by atoms with Gasteiger partial charge in [-0.25, -0.2) is 4.68 Å². The van der Waals surface area contributed by atoms with Crippen LogP contribution in [0.25, 0.3) is 11.4 Å². The van der Waals surface area contributed by atoms with Crippen molar-refractivity contribution < 1.29 is 9.26 Å². The molecule has 1 aromatic carbocycles. The van der Waals surface area contributed by atoms with Gasteiger partial charge in [-0.1, -0.05) is 42.9 Å². The SMILES string of the molecule is COc1ccccc1-c1nnc(SCc2nc(CCC(C)C)no2)n1N. The number of nitrogens with zero attached hydrogens (tertiary/aromatic N) is 5. The van der Waals surface area contributed by atoms with Crippen LogP contribution in [0.1, 0.15) is 32.0 Å². The third kappa shape index (κ3) is 4.16. The molecule has 0 saturated carbocycles. The fraction of sp³-hybridized carbons (Fsp3) is 0.412. The maximum Gasteiger partial charge on any atom is 0.237 e. The minimum Gasteiger partial charge on any atom is -0.496 e. The zero-order chi connectivity index (χ0) is 18.5. The minimum absolute atomic E-state index is 0.482. The molecule has 8 nitrogen and oxygen atoms in total. The van der Waals surface area contributed by atoms with Gasteiger partial charge >= 0.3 is 0 Å². The van der Waals surface area contributed by atoms with E-state index in [9.17, 15) is 0 Å². The van der Waals surface area contributed by atoms with Gasteiger partial charge in [-0.15, -0.1) is 10.2 Å². The minimum atomic E-state index is 0.482. The summed E-state index contributed by atoms with van der Waals surface area (Å²) in [5.74, 6) is 9.76. The Kier molecular flexibility index (Phi) is 5.77. The summed E-state index contributed by atoms with van der Waals surface area (Å²) in [6.07, 6.45) is 1.85. The summed E-state index contributed by atoms with van der Waals surface area (Å²) < 4.78 is 12.1. The predicted octanol–water partition coefficient (Wildman–Crippen LogP) is 2.93. The highest BCUT2D eigenvalue weighted by molar-refractivity contribution is 7.98. The molecule has 2 heterocycles. The highest BCUT2D eigenvalue weighted by Gasteiger charge is 2.17. The standard InChI is InChI=1S/C17H22N6O2S/c1-11(2)8-9-14-19-15(25-22-14)10-26-17-21-20-16(23(17)18)12-6-4-5-7-13(12)24-3/h4-7,11H,8-10,18H2,1-3H3. The summed E-state index contributed by atoms with van der Waals surface area (Å²) in [7, 11) is 1.61. The highest BCUT2D eigenvalue weighted by atomic mass is 32.2. The number of aromatic nitrogens is 5. The summed E-state index contributed by atoms with van der Waals surface area (Å²) in [6.45, 7) is 4.34. The number of rotatable bonds is 8. The van der Waals surface area contributed by atoms with Gasteiger partial charge in [0, 0.05) is 6.42 Å². The van der Waals surface area contributed by atoms with Gasteiger partial charge in [-0.2, -0.15) is 4.98 Å². The van der Waals surface area contributed by atoms with E-state index >= 15 is 0 Å². The van der Waals surface area contributed by atoms with E-state index in [0.29, 0.717) is 34.3 Å². The first-order valence-electron chi connectivity index (χ1n) is 8.36. The Hall–Kier alpha value is -2.55. The van der Waals surface area contributed by atoms with E-state index in [4.69, 9.17) is 15.1 Å². The van der Waals surface area contributed by atoms with Crippen LogP contribution in [0.2, 0.25) is 0 Å². The van der Waals surface area contributed by atoms with Crippen molar-refractivity contribution in [3.05, 3.63) is 36.0 Å². The van der Waals surface area contributed by atoms with Crippen LogP contribution in [0.15, 0.2) is 33.9 Å². The van der Waals surface area contributed by atoms with Crippen LogP contribution in [0.3, 0.4) is 0 Å². The average molecular weight is 374 g/mol. The van der Waals surface area contributed by atoms with Crippen LogP contribution in [0.4, 0.5) is 0 Å². The molecule has 0 amide bonds. The molecular formula is C17H22N6O2S. The topological polar surface area (TPSA) is 105 Å². The lowest BCUT2D eigenvalue weighted by atomic mass is 10.1. The second kappa shape index (κ2) is 8.22. The second-order valence-electron chi connectivity index (χ2n) is 6.20. The third-order valence-corrected chi connectivity index (χ3v) is 4.72. The first kappa shape index (κ1) is 18.2. The smallest absolute Gasteiger partial charge is 0.237 e. The molecule has 26 heavy (non-hydrogen) atoms. The first-order chi connectivity index (χ1) is 12.6. The van der Waals surface area contributed by atoms with E-state index in [1.807, 2.05) is 24.3 Å². The highest BCUT2D eigenvalue weighted by Crippen LogP contribution is 2.30. The molecule has 0 spiro atoms. The van der Waals surface area contributed by atoms with Gasteiger partial charge in [-0.05, 0) is 24.5 Å². The molecule has 3 rings (SSSR count). The van der Waals surface area contributed by atoms with Gasteiger partial charge in [0.25, 0.3) is 0 Å². The molecule has 9 heteroatoms. The lowest BCUT2D eigenvalue weighted by molar-refractivity contribution is 0.383. The van der Waals surface area contributed by atoms with Crippen LogP contribution in [-0.2, 0) is 12.2 Å². The summed E-state index contributed by atoms with van der Waals surface area (Å²) in [4.78, 5) is 4.40. The molecule has 0 unspecified atom stereocenters. The predicted molar refractivity (Wildman–Crippen MR) is 99.2 cm³/mol. The van der Waals surface area contributed by atoms with Crippen molar-refractivity contribution >= 4 is 11.8 Å². The molecule has 2 aromatic heterocycles. The molecular weight excluding hydrogens is 352 g/mol. The van der Waals surface area contributed by atoms with Crippen LogP contribution in [-0.4, -0.2) is 32.1 Å². The van der Waals surface area contributed by atoms with Crippen molar-refractivity contribution in [3.8, 4) is 17.1 Å². The van der Waals surface area contributed by atoms with Gasteiger partial charge < -0.3 is 15.1 Å². The number of hydrogen-bond donors (Lipinski definition) is 1. The number of nitrogen functional groups attached to an aromatic ring is 1. The first-order valence-corrected chi connectivity index (χ1v) is 9.35. The van der Waals surface area contributed by atoms with Crippen LogP contribution >= 0.6 is 11.8 Å². The summed E-state index contributed by atoms with van der Waals surface area (Å²) in [6, 6.07) is 7.53. The second-order valence-corrected chi connectivity index (χ2v) is 7.14. The molecule has 138 valence electrons. The van der Waals surface area contributed by atoms with Crippen molar-refractivity contribution in [2.75, 3.05) is 13.0 Å². The number of aryl methyl sites for hydroxylation is 1. The van der Waals surface area contributed by atoms with Crippen molar-refractivity contribution in [1.29, 1.82) is 0 Å². The average Bonchev–Trinajstić information content (AvgIpc) is 3.24. The fourth-order valence-corrected chi connectivity index (χ4v) is 3.08. The molecule has 0 saturated heterocycles. The molecule has 3 aromatic rings. The van der Waals surface area contributed by atoms with E-state index in [2.05, 4.69) is 34.2 Å². The number of benzene rings is 1. The quantitative estimate of drug-likeness (QED) is 0.474. The van der Waals surface area contributed by atoms with E-state index in [1.54, 1.807) is 7.11 Å². The normalized spacial score (nSPS) is 11.2. The molecule has 0 aliphatic rings. The molecule has 0 aliphatic heterocycles. The molecule has 0 atom stereocenters. The third-order valence-electron chi connectivity index (χ3n) is 3.79. The van der Waals surface area contributed by atoms with Crippen LogP contribution in [0.5, 0.6) is 5.75 Å². The Morgan fingerprint density at radius 2 is 2.08 bits per heavy atom. The Labute approximate surface area is 156 Å². The maximum atomic E-state index is 6.16. The van der Waals surface area contributed by atoms with Crippen molar-refractivity contribution in [1.82, 2.24) is 25.0 Å². The molecule has 0 aliphatic carbocycles. The Morgan fingerprint density at radius 1 is 1.27 bits per heavy atom. The zero-order valence-electron chi connectivity index (χ0n) is 15.0. The van der Waals surface area contributed by atoms with E-state index < -0.39 is 0 Å². The summed E-state index contributed by atoms with van der Waals surface area (Å²) in [5.41, 5.74) is 0.783. The van der Waals surface area contributed by atoms with Crippen LogP contribution < -0.4 is 10.6 Å². The van der Waals surface area contributed by atoms with E-state index in [1.165, 1.54) is 16.4 Å². The van der Waals surface area contributed by atoms with E-state index in [-0.39, 0.29) is 0 Å². The largest absolute Gasteiger partial charge is 0.496 e. The van der Waals surface area contributed by atoms with Gasteiger partial charge in [0.05, 0.1) is 18.4 Å². The Morgan fingerprint density at radius 3 is 2.85 bits per heavy atom. The van der Waals surface area contributed by atoms with Gasteiger partial charge in [0.2, 0.25) is 11.0 Å². The lowest BCUT2D eigenvalue weighted by Gasteiger charge is -2.07. The zero-order valence-corrected chi connectivity index (χ0v) is 15.9. The number of nitrogens with two attached hydrogens (primary N) is 1. The number of hydrogen-bond acceptors (Lipinski definition) is 8. The van der Waals surface area contributed by atoms with Gasteiger partial charge in [-0.3, -0.25) is 0 Å². The number of methoxy groups -OCH3 is 1. The van der Waals surface area contributed by atoms with Crippen molar-refractivity contribution in [2.45, 2.75) is 37.6 Å². The van der Waals surface area contributed by atoms with Gasteiger partial charge in [0.1, 0.15) is 5.75 Å². The Balaban J connectivity index is 1.67. The van der Waals surface area contributed by atoms with Crippen molar-refractivity contribution in [2.24, 2.45) is 5.92 Å². The molecule has 0 bridgehead atoms. The van der Waals surface area contributed by atoms with Crippen LogP contribution in [0, 0.1) is 5.92 Å². The molecule has 0 fully saturated rings. The number of ether oxygens (including phenoxy) is 1. The Bertz CT molecular complexity index is 861. The fourth-order valence-electron chi connectivity index (χ4n) is 2.38. The number of para-hydroxylation sites is 1. The summed E-state index contributed by atoms with van der Waals surface area (Å²) >= 11 is 1.39. The molecule has 2 N–H and O–H groups in total. The number of thioether (sulfide) groups is 1. The lowest BCUT2D eigenvalue weighted by Crippen LogP contribution is -2.12. The monoisotopic (exact) mass is 374 g/mol.